The van der Waals surface area contributed by atoms with Crippen LogP contribution in [0.1, 0.15) is 51.9 Å². The molecule has 66 valence electrons. The molecule has 0 fully saturated rings. The van der Waals surface area contributed by atoms with E-state index in [0.717, 1.165) is 6.42 Å². The van der Waals surface area contributed by atoms with Crippen molar-refractivity contribution >= 4 is 0 Å². The summed E-state index contributed by atoms with van der Waals surface area (Å²) in [6.07, 6.45) is 9.45. The summed E-state index contributed by atoms with van der Waals surface area (Å²) in [5, 5.41) is 0. The van der Waals surface area contributed by atoms with Crippen molar-refractivity contribution in [1.29, 1.82) is 0 Å². The Labute approximate surface area is 76.3 Å². The van der Waals surface area contributed by atoms with Crippen LogP contribution in [-0.2, 0) is 17.1 Å². The van der Waals surface area contributed by atoms with Crippen LogP contribution in [0.2, 0.25) is 0 Å². The zero-order chi connectivity index (χ0) is 6.95. The molecule has 0 rings (SSSR count). The van der Waals surface area contributed by atoms with Crippen molar-refractivity contribution in [2.45, 2.75) is 51.9 Å². The van der Waals surface area contributed by atoms with Gasteiger partial charge in [0, 0.05) is 17.1 Å². The summed E-state index contributed by atoms with van der Waals surface area (Å²) in [6, 6.07) is 0. The zero-order valence-electron chi connectivity index (χ0n) is 6.96. The molecule has 1 heteroatoms. The fourth-order valence-electron chi connectivity index (χ4n) is 0.957. The van der Waals surface area contributed by atoms with Crippen LogP contribution in [-0.4, -0.2) is 0 Å². The van der Waals surface area contributed by atoms with Crippen molar-refractivity contribution in [2.24, 2.45) is 0 Å². The standard InChI is InChI=1S/C9H19.Cu/c1-3-5-7-9-8-6-4-2;/h1,3-9H2,2H3;. The Morgan fingerprint density at radius 2 is 1.40 bits per heavy atom. The van der Waals surface area contributed by atoms with Crippen molar-refractivity contribution in [3.05, 3.63) is 6.92 Å². The molecule has 10 heavy (non-hydrogen) atoms. The Balaban J connectivity index is 0. The number of hydrogen-bond acceptors (Lipinski definition) is 0. The molecule has 0 saturated carbocycles. The predicted molar refractivity (Wildman–Crippen MR) is 43.4 cm³/mol. The van der Waals surface area contributed by atoms with Crippen molar-refractivity contribution in [3.8, 4) is 0 Å². The summed E-state index contributed by atoms with van der Waals surface area (Å²) in [6.45, 7) is 6.05. The molecule has 0 unspecified atom stereocenters. The minimum atomic E-state index is 0. The maximum atomic E-state index is 3.80. The van der Waals surface area contributed by atoms with Gasteiger partial charge in [0.1, 0.15) is 0 Å². The Kier molecular flexibility index (Phi) is 16.0. The number of rotatable bonds is 6. The molecule has 0 aromatic heterocycles. The predicted octanol–water partition coefficient (Wildman–Crippen LogP) is 3.57. The minimum Gasteiger partial charge on any atom is -0.0654 e. The number of hydrogen-bond donors (Lipinski definition) is 0. The molecule has 0 heterocycles. The monoisotopic (exact) mass is 190 g/mol. The Morgan fingerprint density at radius 1 is 0.900 bits per heavy atom. The van der Waals surface area contributed by atoms with Crippen LogP contribution in [0, 0.1) is 6.92 Å². The number of unbranched alkanes of at least 4 members (excludes halogenated alkanes) is 6. The molecule has 0 aliphatic heterocycles. The van der Waals surface area contributed by atoms with E-state index in [1.807, 2.05) is 0 Å². The summed E-state index contributed by atoms with van der Waals surface area (Å²) in [5.74, 6) is 0. The Bertz CT molecular complexity index is 38.0. The topological polar surface area (TPSA) is 0 Å². The van der Waals surface area contributed by atoms with E-state index in [9.17, 15) is 0 Å². The first-order valence-corrected chi connectivity index (χ1v) is 4.21. The van der Waals surface area contributed by atoms with Crippen molar-refractivity contribution in [2.75, 3.05) is 0 Å². The smallest absolute Gasteiger partial charge is 0 e. The molecule has 0 aliphatic carbocycles. The van der Waals surface area contributed by atoms with Crippen molar-refractivity contribution < 1.29 is 17.1 Å². The van der Waals surface area contributed by atoms with Crippen molar-refractivity contribution in [1.82, 2.24) is 0 Å². The van der Waals surface area contributed by atoms with E-state index < -0.39 is 0 Å². The van der Waals surface area contributed by atoms with E-state index >= 15 is 0 Å². The van der Waals surface area contributed by atoms with Gasteiger partial charge in [0.2, 0.25) is 0 Å². The van der Waals surface area contributed by atoms with Gasteiger partial charge < -0.3 is 0 Å². The van der Waals surface area contributed by atoms with Gasteiger partial charge in [-0.1, -0.05) is 58.8 Å². The second kappa shape index (κ2) is 12.2. The van der Waals surface area contributed by atoms with Gasteiger partial charge in [-0.15, -0.1) is 0 Å². The van der Waals surface area contributed by atoms with Crippen LogP contribution in [0.3, 0.4) is 0 Å². The average molecular weight is 191 g/mol. The molecule has 0 aromatic carbocycles. The molecule has 0 saturated heterocycles. The third-order valence-corrected chi connectivity index (χ3v) is 1.60. The molecule has 0 aliphatic rings. The summed E-state index contributed by atoms with van der Waals surface area (Å²) < 4.78 is 0. The molecule has 0 bridgehead atoms. The third kappa shape index (κ3) is 11.3. The first kappa shape index (κ1) is 13.1. The third-order valence-electron chi connectivity index (χ3n) is 1.60. The SMILES string of the molecule is [CH2]CCCCCCCC.[Cu]. The van der Waals surface area contributed by atoms with Crippen molar-refractivity contribution in [3.63, 3.8) is 0 Å². The van der Waals surface area contributed by atoms with E-state index in [2.05, 4.69) is 13.8 Å². The summed E-state index contributed by atoms with van der Waals surface area (Å²) in [7, 11) is 0. The van der Waals surface area contributed by atoms with Gasteiger partial charge in [-0.3, -0.25) is 0 Å². The van der Waals surface area contributed by atoms with E-state index in [4.69, 9.17) is 0 Å². The quantitative estimate of drug-likeness (QED) is 0.444. The second-order valence-electron chi connectivity index (χ2n) is 2.62. The normalized spacial score (nSPS) is 9.00. The van der Waals surface area contributed by atoms with E-state index in [1.165, 1.54) is 38.5 Å². The van der Waals surface area contributed by atoms with Gasteiger partial charge >= 0.3 is 0 Å². The fraction of sp³-hybridized carbons (Fsp3) is 0.889. The second-order valence-corrected chi connectivity index (χ2v) is 2.62. The molecule has 0 atom stereocenters. The van der Waals surface area contributed by atoms with Gasteiger partial charge in [-0.25, -0.2) is 0 Å². The van der Waals surface area contributed by atoms with Gasteiger partial charge in [-0.2, -0.15) is 0 Å². The molecule has 0 amide bonds. The van der Waals surface area contributed by atoms with E-state index in [0.29, 0.717) is 0 Å². The molecule has 0 N–H and O–H groups in total. The summed E-state index contributed by atoms with van der Waals surface area (Å²) in [5.41, 5.74) is 0. The maximum absolute atomic E-state index is 3.80. The zero-order valence-corrected chi connectivity index (χ0v) is 7.90. The van der Waals surface area contributed by atoms with Crippen LogP contribution in [0.5, 0.6) is 0 Å². The van der Waals surface area contributed by atoms with E-state index in [1.54, 1.807) is 0 Å². The Hall–Kier alpha value is 0.519. The van der Waals surface area contributed by atoms with Gasteiger partial charge in [-0.05, 0) is 0 Å². The first-order chi connectivity index (χ1) is 4.41. The molecule has 2 radical (unpaired) electrons. The Morgan fingerprint density at radius 3 is 1.90 bits per heavy atom. The van der Waals surface area contributed by atoms with Gasteiger partial charge in [0.05, 0.1) is 0 Å². The summed E-state index contributed by atoms with van der Waals surface area (Å²) in [4.78, 5) is 0. The van der Waals surface area contributed by atoms with Crippen LogP contribution < -0.4 is 0 Å². The van der Waals surface area contributed by atoms with Crippen LogP contribution >= 0.6 is 0 Å². The largest absolute Gasteiger partial charge is 0.0654 e. The molecule has 0 spiro atoms. The molecule has 0 aromatic rings. The first-order valence-electron chi connectivity index (χ1n) is 4.21. The fourth-order valence-corrected chi connectivity index (χ4v) is 0.957. The molecular formula is C9H19Cu. The van der Waals surface area contributed by atoms with E-state index in [-0.39, 0.29) is 17.1 Å². The molecular weight excluding hydrogens is 172 g/mol. The van der Waals surface area contributed by atoms with Crippen LogP contribution in [0.4, 0.5) is 0 Å². The van der Waals surface area contributed by atoms with Gasteiger partial charge in [0.15, 0.2) is 0 Å². The van der Waals surface area contributed by atoms with Crippen LogP contribution in [0.15, 0.2) is 0 Å². The molecule has 0 nitrogen and oxygen atoms in total. The minimum absolute atomic E-state index is 0. The van der Waals surface area contributed by atoms with Gasteiger partial charge in [0.25, 0.3) is 0 Å². The average Bonchev–Trinajstić information content (AvgIpc) is 1.89. The summed E-state index contributed by atoms with van der Waals surface area (Å²) >= 11 is 0. The van der Waals surface area contributed by atoms with Crippen LogP contribution in [0.25, 0.3) is 0 Å². The maximum Gasteiger partial charge on any atom is 0 e.